The molecule has 5 rings (SSSR count). The van der Waals surface area contributed by atoms with Gasteiger partial charge < -0.3 is 24.5 Å². The molecular weight excluding hydrogens is 554 g/mol. The molecule has 4 aromatic rings. The Kier molecular flexibility index (Phi) is 7.23. The van der Waals surface area contributed by atoms with Gasteiger partial charge in [-0.3, -0.25) is 0 Å². The topological polar surface area (TPSA) is 120 Å². The van der Waals surface area contributed by atoms with Crippen LogP contribution in [0.5, 0.6) is 0 Å². The van der Waals surface area contributed by atoms with Crippen LogP contribution in [0, 0.1) is 0 Å². The molecule has 10 heteroatoms. The van der Waals surface area contributed by atoms with Gasteiger partial charge in [0.15, 0.2) is 0 Å². The number of carbonyl (C=O) groups is 3. The van der Waals surface area contributed by atoms with Crippen molar-refractivity contribution in [3.8, 4) is 11.3 Å². The number of carbonyl (C=O) groups excluding carboxylic acids is 3. The number of para-hydroxylation sites is 1. The molecule has 0 spiro atoms. The van der Waals surface area contributed by atoms with Crippen LogP contribution in [0.4, 0.5) is 4.79 Å². The zero-order valence-corrected chi connectivity index (χ0v) is 21.8. The molecular formula is C28H22BrN3O6. The maximum absolute atomic E-state index is 13.4. The second-order valence-corrected chi connectivity index (χ2v) is 9.23. The summed E-state index contributed by atoms with van der Waals surface area (Å²) in [6.07, 6.45) is 1.43. The number of benzene rings is 2. The number of nitrogens with zero attached hydrogens (tertiary/aromatic N) is 1. The first-order valence-electron chi connectivity index (χ1n) is 11.8. The lowest BCUT2D eigenvalue weighted by atomic mass is 10.0. The highest BCUT2D eigenvalue weighted by atomic mass is 79.9. The highest BCUT2D eigenvalue weighted by molar-refractivity contribution is 9.10. The van der Waals surface area contributed by atoms with Crippen molar-refractivity contribution < 1.29 is 28.3 Å². The fourth-order valence-corrected chi connectivity index (χ4v) is 4.44. The van der Waals surface area contributed by atoms with Crippen molar-refractivity contribution in [3.05, 3.63) is 100 Å². The lowest BCUT2D eigenvalue weighted by molar-refractivity contribution is -0.139. The first kappa shape index (κ1) is 25.2. The molecule has 192 valence electrons. The minimum atomic E-state index is -0.905. The molecule has 1 atom stereocenters. The largest absolute Gasteiger partial charge is 0.467 e. The average Bonchev–Trinajstić information content (AvgIpc) is 3.46. The number of urea groups is 1. The van der Waals surface area contributed by atoms with E-state index in [0.29, 0.717) is 27.9 Å². The Morgan fingerprint density at radius 1 is 1.03 bits per heavy atom. The molecule has 3 heterocycles. The number of fused-ring (bicyclic) bond motifs is 1. The van der Waals surface area contributed by atoms with E-state index in [9.17, 15) is 14.4 Å². The van der Waals surface area contributed by atoms with E-state index < -0.39 is 24.0 Å². The van der Waals surface area contributed by atoms with Gasteiger partial charge in [-0.25, -0.2) is 19.4 Å². The van der Waals surface area contributed by atoms with E-state index in [2.05, 4.69) is 26.6 Å². The minimum absolute atomic E-state index is 0.0873. The van der Waals surface area contributed by atoms with Gasteiger partial charge in [-0.15, -0.1) is 0 Å². The number of pyridine rings is 1. The van der Waals surface area contributed by atoms with Gasteiger partial charge in [-0.2, -0.15) is 0 Å². The third kappa shape index (κ3) is 5.16. The van der Waals surface area contributed by atoms with Crippen molar-refractivity contribution >= 4 is 44.8 Å². The molecule has 0 saturated heterocycles. The van der Waals surface area contributed by atoms with Crippen LogP contribution in [0.3, 0.4) is 0 Å². The number of nitrogens with one attached hydrogen (secondary N) is 2. The Bertz CT molecular complexity index is 1550. The predicted molar refractivity (Wildman–Crippen MR) is 142 cm³/mol. The Morgan fingerprint density at radius 3 is 2.55 bits per heavy atom. The summed E-state index contributed by atoms with van der Waals surface area (Å²) in [6.45, 7) is 1.42. The van der Waals surface area contributed by atoms with E-state index in [-0.39, 0.29) is 24.5 Å². The third-order valence-electron chi connectivity index (χ3n) is 5.90. The smallest absolute Gasteiger partial charge is 0.339 e. The summed E-state index contributed by atoms with van der Waals surface area (Å²) in [5, 5.41) is 5.85. The molecule has 0 bridgehead atoms. The van der Waals surface area contributed by atoms with Crippen LogP contribution < -0.4 is 10.6 Å². The SMILES string of the molecule is CCOC(=O)C1=C(COC(=O)c2cc(-c3ccc(Br)cc3)nc3ccccc23)NC(=O)N[C@@H]1c1ccco1. The van der Waals surface area contributed by atoms with Crippen molar-refractivity contribution in [1.29, 1.82) is 0 Å². The van der Waals surface area contributed by atoms with Gasteiger partial charge in [-0.1, -0.05) is 46.3 Å². The molecule has 2 aromatic heterocycles. The summed E-state index contributed by atoms with van der Waals surface area (Å²) in [5.74, 6) is -0.967. The van der Waals surface area contributed by atoms with Gasteiger partial charge in [0.25, 0.3) is 0 Å². The Hall–Kier alpha value is -4.44. The number of furan rings is 1. The molecule has 9 nitrogen and oxygen atoms in total. The Balaban J connectivity index is 1.49. The normalized spacial score (nSPS) is 15.1. The average molecular weight is 576 g/mol. The van der Waals surface area contributed by atoms with E-state index >= 15 is 0 Å². The molecule has 2 amide bonds. The van der Waals surface area contributed by atoms with E-state index in [1.54, 1.807) is 31.2 Å². The minimum Gasteiger partial charge on any atom is -0.467 e. The van der Waals surface area contributed by atoms with Crippen LogP contribution in [-0.2, 0) is 14.3 Å². The predicted octanol–water partition coefficient (Wildman–Crippen LogP) is 5.29. The standard InChI is InChI=1S/C28H22BrN3O6/c1-2-36-27(34)24-22(31-28(35)32-25(24)23-8-5-13-37-23)15-38-26(33)19-14-21(16-9-11-17(29)12-10-16)30-20-7-4-3-6-18(19)20/h3-14,25H,2,15H2,1H3,(H2,31,32,35)/t25-/m1/s1. The van der Waals surface area contributed by atoms with Gasteiger partial charge in [-0.05, 0) is 43.3 Å². The molecule has 1 aliphatic heterocycles. The van der Waals surface area contributed by atoms with Crippen molar-refractivity contribution in [2.75, 3.05) is 13.2 Å². The summed E-state index contributed by atoms with van der Waals surface area (Å²) < 4.78 is 17.2. The van der Waals surface area contributed by atoms with Crippen molar-refractivity contribution in [2.45, 2.75) is 13.0 Å². The summed E-state index contributed by atoms with van der Waals surface area (Å²) in [5.41, 5.74) is 2.54. The van der Waals surface area contributed by atoms with E-state index in [1.165, 1.54) is 6.26 Å². The summed E-state index contributed by atoms with van der Waals surface area (Å²) in [7, 11) is 0. The van der Waals surface area contributed by atoms with Crippen LogP contribution in [-0.4, -0.2) is 36.2 Å². The monoisotopic (exact) mass is 575 g/mol. The van der Waals surface area contributed by atoms with Crippen LogP contribution in [0.25, 0.3) is 22.2 Å². The highest BCUT2D eigenvalue weighted by Crippen LogP contribution is 2.30. The first-order valence-corrected chi connectivity index (χ1v) is 12.6. The van der Waals surface area contributed by atoms with Crippen molar-refractivity contribution in [2.24, 2.45) is 0 Å². The van der Waals surface area contributed by atoms with Gasteiger partial charge in [0.2, 0.25) is 0 Å². The fraction of sp³-hybridized carbons (Fsp3) is 0.143. The molecule has 0 fully saturated rings. The number of esters is 2. The van der Waals surface area contributed by atoms with Crippen molar-refractivity contribution in [3.63, 3.8) is 0 Å². The van der Waals surface area contributed by atoms with E-state index in [4.69, 9.17) is 18.9 Å². The quantitative estimate of drug-likeness (QED) is 0.287. The molecule has 0 saturated carbocycles. The molecule has 1 aliphatic rings. The maximum Gasteiger partial charge on any atom is 0.339 e. The zero-order chi connectivity index (χ0) is 26.6. The van der Waals surface area contributed by atoms with Crippen LogP contribution in [0.15, 0.2) is 93.2 Å². The van der Waals surface area contributed by atoms with Crippen LogP contribution in [0.1, 0.15) is 29.1 Å². The van der Waals surface area contributed by atoms with Gasteiger partial charge >= 0.3 is 18.0 Å². The van der Waals surface area contributed by atoms with Crippen LogP contribution >= 0.6 is 15.9 Å². The molecule has 2 aromatic carbocycles. The first-order chi connectivity index (χ1) is 18.4. The summed E-state index contributed by atoms with van der Waals surface area (Å²) in [4.78, 5) is 43.4. The molecule has 0 radical (unpaired) electrons. The van der Waals surface area contributed by atoms with Crippen molar-refractivity contribution in [1.82, 2.24) is 15.6 Å². The number of hydrogen-bond donors (Lipinski definition) is 2. The maximum atomic E-state index is 13.4. The molecule has 2 N–H and O–H groups in total. The Labute approximate surface area is 226 Å². The second kappa shape index (κ2) is 10.9. The third-order valence-corrected chi connectivity index (χ3v) is 6.43. The van der Waals surface area contributed by atoms with Crippen LogP contribution in [0.2, 0.25) is 0 Å². The number of hydrogen-bond acceptors (Lipinski definition) is 7. The van der Waals surface area contributed by atoms with E-state index in [1.807, 2.05) is 42.5 Å². The second-order valence-electron chi connectivity index (χ2n) is 8.31. The molecule has 0 aliphatic carbocycles. The molecule has 0 unspecified atom stereocenters. The Morgan fingerprint density at radius 2 is 1.82 bits per heavy atom. The van der Waals surface area contributed by atoms with E-state index in [0.717, 1.165) is 10.0 Å². The van der Waals surface area contributed by atoms with Gasteiger partial charge in [0, 0.05) is 15.4 Å². The number of amides is 2. The highest BCUT2D eigenvalue weighted by Gasteiger charge is 2.36. The van der Waals surface area contributed by atoms with Gasteiger partial charge in [0.05, 0.1) is 40.9 Å². The number of aromatic nitrogens is 1. The lowest BCUT2D eigenvalue weighted by Crippen LogP contribution is -2.47. The number of halogens is 1. The number of ether oxygens (including phenoxy) is 2. The number of rotatable bonds is 7. The summed E-state index contributed by atoms with van der Waals surface area (Å²) in [6, 6.07) is 18.3. The molecule has 38 heavy (non-hydrogen) atoms. The van der Waals surface area contributed by atoms with Gasteiger partial charge in [0.1, 0.15) is 18.4 Å². The summed E-state index contributed by atoms with van der Waals surface area (Å²) >= 11 is 3.43. The lowest BCUT2D eigenvalue weighted by Gasteiger charge is -2.27. The zero-order valence-electron chi connectivity index (χ0n) is 20.2. The fourth-order valence-electron chi connectivity index (χ4n) is 4.18.